The Hall–Kier alpha value is -2.72. The highest BCUT2D eigenvalue weighted by atomic mass is 32.2. The Labute approximate surface area is 163 Å². The summed E-state index contributed by atoms with van der Waals surface area (Å²) in [5.41, 5.74) is 1.58. The first-order valence-electron chi connectivity index (χ1n) is 8.41. The molecule has 10 heteroatoms. The Bertz CT molecular complexity index is 1130. The van der Waals surface area contributed by atoms with Gasteiger partial charge in [0.2, 0.25) is 0 Å². The number of thioether (sulfide) groups is 1. The number of thiophene rings is 1. The van der Waals surface area contributed by atoms with E-state index in [4.69, 9.17) is 5.84 Å². The molecule has 8 nitrogen and oxygen atoms in total. The molecule has 4 rings (SSSR count). The molecular weight excluding hydrogens is 382 g/mol. The fraction of sp³-hybridized carbons (Fsp3) is 0.235. The summed E-state index contributed by atoms with van der Waals surface area (Å²) in [6.07, 6.45) is 0.936. The van der Waals surface area contributed by atoms with Gasteiger partial charge in [0.25, 0.3) is 5.56 Å². The van der Waals surface area contributed by atoms with Gasteiger partial charge >= 0.3 is 0 Å². The molecule has 0 saturated carbocycles. The maximum Gasteiger partial charge on any atom is 0.282 e. The number of fused-ring (bicyclic) bond motifs is 1. The van der Waals surface area contributed by atoms with Crippen molar-refractivity contribution in [3.8, 4) is 11.1 Å². The lowest BCUT2D eigenvalue weighted by atomic mass is 10.1. The van der Waals surface area contributed by atoms with Gasteiger partial charge in [0.1, 0.15) is 4.83 Å². The number of tetrazole rings is 1. The van der Waals surface area contributed by atoms with E-state index >= 15 is 0 Å². The predicted octanol–water partition coefficient (Wildman–Crippen LogP) is 2.53. The maximum atomic E-state index is 12.9. The molecule has 4 aromatic rings. The van der Waals surface area contributed by atoms with E-state index in [1.807, 2.05) is 35.7 Å². The molecule has 0 atom stereocenters. The zero-order valence-electron chi connectivity index (χ0n) is 14.6. The Kier molecular flexibility index (Phi) is 4.90. The van der Waals surface area contributed by atoms with Crippen molar-refractivity contribution in [2.45, 2.75) is 30.8 Å². The summed E-state index contributed by atoms with van der Waals surface area (Å²) >= 11 is 2.79. The van der Waals surface area contributed by atoms with Crippen LogP contribution in [-0.4, -0.2) is 29.9 Å². The van der Waals surface area contributed by atoms with Crippen LogP contribution < -0.4 is 11.4 Å². The Balaban J connectivity index is 1.68. The largest absolute Gasteiger partial charge is 0.334 e. The van der Waals surface area contributed by atoms with E-state index in [0.717, 1.165) is 34.6 Å². The lowest BCUT2D eigenvalue weighted by molar-refractivity contribution is 0.564. The minimum Gasteiger partial charge on any atom is -0.334 e. The van der Waals surface area contributed by atoms with Crippen molar-refractivity contribution in [2.75, 3.05) is 5.84 Å². The molecule has 0 fully saturated rings. The lowest BCUT2D eigenvalue weighted by Gasteiger charge is -2.07. The summed E-state index contributed by atoms with van der Waals surface area (Å²) in [6.45, 7) is 2.81. The SMILES string of the molecule is CCCn1nnnc1CSc1nc2scc(-c3ccccc3)c2c(=O)n1N. The molecule has 0 aliphatic heterocycles. The summed E-state index contributed by atoms with van der Waals surface area (Å²) < 4.78 is 2.86. The van der Waals surface area contributed by atoms with Crippen molar-refractivity contribution in [1.82, 2.24) is 29.9 Å². The number of rotatable bonds is 6. The van der Waals surface area contributed by atoms with E-state index in [9.17, 15) is 4.79 Å². The minimum absolute atomic E-state index is 0.254. The van der Waals surface area contributed by atoms with E-state index in [1.165, 1.54) is 23.1 Å². The van der Waals surface area contributed by atoms with Crippen LogP contribution in [0.5, 0.6) is 0 Å². The summed E-state index contributed by atoms with van der Waals surface area (Å²) in [5.74, 6) is 7.27. The zero-order chi connectivity index (χ0) is 18.8. The number of nitrogens with two attached hydrogens (primary N) is 1. The van der Waals surface area contributed by atoms with Gasteiger partial charge in [0, 0.05) is 17.5 Å². The van der Waals surface area contributed by atoms with Crippen molar-refractivity contribution in [3.05, 3.63) is 51.9 Å². The average Bonchev–Trinajstić information content (AvgIpc) is 3.31. The highest BCUT2D eigenvalue weighted by Gasteiger charge is 2.17. The topological polar surface area (TPSA) is 105 Å². The minimum atomic E-state index is -0.254. The molecule has 138 valence electrons. The number of nitrogen functional groups attached to an aromatic ring is 1. The molecule has 2 N–H and O–H groups in total. The van der Waals surface area contributed by atoms with E-state index < -0.39 is 0 Å². The van der Waals surface area contributed by atoms with Crippen LogP contribution in [0.4, 0.5) is 0 Å². The van der Waals surface area contributed by atoms with Crippen molar-refractivity contribution < 1.29 is 0 Å². The molecule has 0 spiro atoms. The van der Waals surface area contributed by atoms with Gasteiger partial charge in [-0.05, 0) is 22.4 Å². The van der Waals surface area contributed by atoms with Gasteiger partial charge in [-0.2, -0.15) is 0 Å². The molecule has 0 aliphatic carbocycles. The summed E-state index contributed by atoms with van der Waals surface area (Å²) in [6, 6.07) is 9.77. The van der Waals surface area contributed by atoms with Gasteiger partial charge in [-0.3, -0.25) is 4.79 Å². The van der Waals surface area contributed by atoms with Gasteiger partial charge in [-0.25, -0.2) is 14.3 Å². The second-order valence-electron chi connectivity index (χ2n) is 5.87. The number of hydrogen-bond acceptors (Lipinski definition) is 8. The van der Waals surface area contributed by atoms with Gasteiger partial charge in [0.15, 0.2) is 11.0 Å². The molecule has 3 heterocycles. The Morgan fingerprint density at radius 2 is 2.07 bits per heavy atom. The zero-order valence-corrected chi connectivity index (χ0v) is 16.2. The van der Waals surface area contributed by atoms with Gasteiger partial charge in [-0.1, -0.05) is 49.0 Å². The van der Waals surface area contributed by atoms with Crippen LogP contribution in [0.15, 0.2) is 45.7 Å². The highest BCUT2D eigenvalue weighted by Crippen LogP contribution is 2.32. The van der Waals surface area contributed by atoms with Crippen LogP contribution in [-0.2, 0) is 12.3 Å². The fourth-order valence-electron chi connectivity index (χ4n) is 2.76. The summed E-state index contributed by atoms with van der Waals surface area (Å²) in [7, 11) is 0. The number of nitrogens with zero attached hydrogens (tertiary/aromatic N) is 6. The number of aryl methyl sites for hydroxylation is 1. The van der Waals surface area contributed by atoms with E-state index in [1.54, 1.807) is 4.68 Å². The molecule has 0 saturated heterocycles. The van der Waals surface area contributed by atoms with Crippen LogP contribution in [0.2, 0.25) is 0 Å². The third kappa shape index (κ3) is 3.33. The van der Waals surface area contributed by atoms with E-state index in [2.05, 4.69) is 27.4 Å². The van der Waals surface area contributed by atoms with Crippen LogP contribution in [0.25, 0.3) is 21.3 Å². The second kappa shape index (κ2) is 7.49. The van der Waals surface area contributed by atoms with E-state index in [-0.39, 0.29) is 5.56 Å². The predicted molar refractivity (Wildman–Crippen MR) is 107 cm³/mol. The molecule has 0 aliphatic rings. The fourth-order valence-corrected chi connectivity index (χ4v) is 4.60. The normalized spacial score (nSPS) is 11.3. The van der Waals surface area contributed by atoms with Gasteiger partial charge in [0.05, 0.1) is 11.1 Å². The maximum absolute atomic E-state index is 12.9. The van der Waals surface area contributed by atoms with Gasteiger partial charge in [-0.15, -0.1) is 16.4 Å². The van der Waals surface area contributed by atoms with Crippen LogP contribution in [0.3, 0.4) is 0 Å². The quantitative estimate of drug-likeness (QED) is 0.302. The van der Waals surface area contributed by atoms with Gasteiger partial charge < -0.3 is 5.84 Å². The van der Waals surface area contributed by atoms with Crippen molar-refractivity contribution in [1.29, 1.82) is 0 Å². The third-order valence-corrected chi connectivity index (χ3v) is 5.89. The molecule has 0 unspecified atom stereocenters. The third-order valence-electron chi connectivity index (χ3n) is 4.06. The number of aromatic nitrogens is 6. The Morgan fingerprint density at radius 1 is 1.26 bits per heavy atom. The first kappa shape index (κ1) is 17.7. The molecular formula is C17H17N7OS2. The van der Waals surface area contributed by atoms with Crippen molar-refractivity contribution in [2.24, 2.45) is 0 Å². The van der Waals surface area contributed by atoms with Crippen LogP contribution in [0.1, 0.15) is 19.2 Å². The Morgan fingerprint density at radius 3 is 2.85 bits per heavy atom. The smallest absolute Gasteiger partial charge is 0.282 e. The summed E-state index contributed by atoms with van der Waals surface area (Å²) in [4.78, 5) is 18.2. The number of benzene rings is 1. The molecule has 0 radical (unpaired) electrons. The molecule has 3 aromatic heterocycles. The van der Waals surface area contributed by atoms with Crippen molar-refractivity contribution in [3.63, 3.8) is 0 Å². The average molecular weight is 400 g/mol. The van der Waals surface area contributed by atoms with Crippen LogP contribution in [0, 0.1) is 0 Å². The molecule has 1 aromatic carbocycles. The highest BCUT2D eigenvalue weighted by molar-refractivity contribution is 7.98. The van der Waals surface area contributed by atoms with Crippen LogP contribution >= 0.6 is 23.1 Å². The first-order valence-corrected chi connectivity index (χ1v) is 10.3. The second-order valence-corrected chi connectivity index (χ2v) is 7.67. The lowest BCUT2D eigenvalue weighted by Crippen LogP contribution is -2.29. The molecule has 0 bridgehead atoms. The standard InChI is InChI=1S/C17H17N7OS2/c1-2-8-23-13(20-21-22-23)10-27-17-19-15-14(16(25)24(17)18)12(9-26-15)11-6-4-3-5-7-11/h3-7,9H,2,8,10,18H2,1H3. The number of hydrogen-bond donors (Lipinski definition) is 1. The molecule has 0 amide bonds. The summed E-state index contributed by atoms with van der Waals surface area (Å²) in [5, 5.41) is 14.7. The molecule has 27 heavy (non-hydrogen) atoms. The first-order chi connectivity index (χ1) is 13.2. The van der Waals surface area contributed by atoms with E-state index in [0.29, 0.717) is 21.1 Å². The monoisotopic (exact) mass is 399 g/mol. The van der Waals surface area contributed by atoms with Crippen molar-refractivity contribution >= 4 is 33.3 Å².